The van der Waals surface area contributed by atoms with Gasteiger partial charge in [0, 0.05) is 0 Å². The lowest BCUT2D eigenvalue weighted by Crippen LogP contribution is -1.97. The van der Waals surface area contributed by atoms with Crippen LogP contribution in [0.4, 0.5) is 5.69 Å². The van der Waals surface area contributed by atoms with E-state index in [1.807, 2.05) is 39.0 Å². The van der Waals surface area contributed by atoms with Crippen molar-refractivity contribution in [1.29, 1.82) is 0 Å². The van der Waals surface area contributed by atoms with Gasteiger partial charge in [-0.25, -0.2) is 0 Å². The van der Waals surface area contributed by atoms with Crippen molar-refractivity contribution in [1.82, 2.24) is 0 Å². The Balaban J connectivity index is 0.000000791. The molecule has 0 saturated heterocycles. The third-order valence-electron chi connectivity index (χ3n) is 1.57. The van der Waals surface area contributed by atoms with Crippen molar-refractivity contribution >= 4 is 12.1 Å². The normalized spacial score (nSPS) is 8.29. The van der Waals surface area contributed by atoms with Gasteiger partial charge < -0.3 is 10.1 Å². The van der Waals surface area contributed by atoms with Crippen LogP contribution >= 0.6 is 0 Å². The summed E-state index contributed by atoms with van der Waals surface area (Å²) in [6.07, 6.45) is 0.632. The molecule has 1 rings (SSSR count). The number of aryl methyl sites for hydroxylation is 1. The molecule has 3 heteroatoms. The van der Waals surface area contributed by atoms with E-state index in [0.29, 0.717) is 17.8 Å². The molecule has 0 aliphatic carbocycles. The lowest BCUT2D eigenvalue weighted by atomic mass is 10.2. The maximum atomic E-state index is 10.2. The van der Waals surface area contributed by atoms with Crippen LogP contribution in [-0.4, -0.2) is 13.5 Å². The molecule has 0 spiro atoms. The third-order valence-corrected chi connectivity index (χ3v) is 1.57. The summed E-state index contributed by atoms with van der Waals surface area (Å²) in [7, 11) is 1.57. The summed E-state index contributed by atoms with van der Waals surface area (Å²) in [4.78, 5) is 10.2. The van der Waals surface area contributed by atoms with Crippen molar-refractivity contribution in [3.8, 4) is 5.75 Å². The first-order valence-electron chi connectivity index (χ1n) is 4.62. The summed E-state index contributed by atoms with van der Waals surface area (Å²) in [6.45, 7) is 5.97. The first-order valence-corrected chi connectivity index (χ1v) is 4.62. The van der Waals surface area contributed by atoms with Crippen LogP contribution in [0.5, 0.6) is 5.75 Å². The molecule has 0 saturated carbocycles. The smallest absolute Gasteiger partial charge is 0.211 e. The van der Waals surface area contributed by atoms with E-state index in [-0.39, 0.29) is 0 Å². The Labute approximate surface area is 85.1 Å². The highest BCUT2D eigenvalue weighted by atomic mass is 16.5. The van der Waals surface area contributed by atoms with Crippen molar-refractivity contribution < 1.29 is 9.53 Å². The van der Waals surface area contributed by atoms with Crippen LogP contribution in [-0.2, 0) is 4.79 Å². The number of hydrogen-bond acceptors (Lipinski definition) is 2. The fraction of sp³-hybridized carbons (Fsp3) is 0.364. The Morgan fingerprint density at radius 2 is 2.00 bits per heavy atom. The molecule has 0 bridgehead atoms. The molecular formula is C11H17NO2. The van der Waals surface area contributed by atoms with Gasteiger partial charge >= 0.3 is 0 Å². The summed E-state index contributed by atoms with van der Waals surface area (Å²) >= 11 is 0. The Kier molecular flexibility index (Phi) is 6.20. The van der Waals surface area contributed by atoms with E-state index in [1.54, 1.807) is 7.11 Å². The van der Waals surface area contributed by atoms with Gasteiger partial charge in [0.2, 0.25) is 6.41 Å². The molecule has 78 valence electrons. The minimum Gasteiger partial charge on any atom is -0.495 e. The fourth-order valence-corrected chi connectivity index (χ4v) is 0.981. The summed E-state index contributed by atoms with van der Waals surface area (Å²) < 4.78 is 5.06. The Morgan fingerprint density at radius 3 is 2.50 bits per heavy atom. The van der Waals surface area contributed by atoms with Crippen LogP contribution in [0.25, 0.3) is 0 Å². The molecule has 1 aromatic carbocycles. The zero-order valence-electron chi connectivity index (χ0n) is 9.13. The zero-order valence-corrected chi connectivity index (χ0v) is 9.13. The SMILES string of the molecule is CC.COc1cc(C)ccc1NC=O. The molecule has 0 atom stereocenters. The number of amides is 1. The molecular weight excluding hydrogens is 178 g/mol. The Hall–Kier alpha value is -1.51. The predicted octanol–water partition coefficient (Wildman–Crippen LogP) is 2.60. The van der Waals surface area contributed by atoms with Gasteiger partial charge in [-0.15, -0.1) is 0 Å². The number of carbonyl (C=O) groups excluding carboxylic acids is 1. The summed E-state index contributed by atoms with van der Waals surface area (Å²) in [5.74, 6) is 0.683. The van der Waals surface area contributed by atoms with Gasteiger partial charge in [-0.2, -0.15) is 0 Å². The molecule has 1 N–H and O–H groups in total. The van der Waals surface area contributed by atoms with Gasteiger partial charge in [0.1, 0.15) is 5.75 Å². The zero-order chi connectivity index (χ0) is 11.0. The van der Waals surface area contributed by atoms with Crippen LogP contribution in [0.2, 0.25) is 0 Å². The molecule has 0 fully saturated rings. The fourth-order valence-electron chi connectivity index (χ4n) is 0.981. The monoisotopic (exact) mass is 195 g/mol. The minimum absolute atomic E-state index is 0.632. The highest BCUT2D eigenvalue weighted by Crippen LogP contribution is 2.24. The second-order valence-electron chi connectivity index (χ2n) is 2.47. The predicted molar refractivity (Wildman–Crippen MR) is 58.8 cm³/mol. The number of anilines is 1. The maximum absolute atomic E-state index is 10.2. The van der Waals surface area contributed by atoms with Crippen molar-refractivity contribution in [2.75, 3.05) is 12.4 Å². The van der Waals surface area contributed by atoms with Gasteiger partial charge in [-0.1, -0.05) is 19.9 Å². The van der Waals surface area contributed by atoms with Crippen molar-refractivity contribution in [2.45, 2.75) is 20.8 Å². The summed E-state index contributed by atoms with van der Waals surface area (Å²) in [5.41, 5.74) is 1.79. The lowest BCUT2D eigenvalue weighted by molar-refractivity contribution is -0.105. The van der Waals surface area contributed by atoms with Gasteiger partial charge in [0.25, 0.3) is 0 Å². The molecule has 1 amide bonds. The number of ether oxygens (including phenoxy) is 1. The second kappa shape index (κ2) is 6.95. The largest absolute Gasteiger partial charge is 0.495 e. The average molecular weight is 195 g/mol. The number of hydrogen-bond donors (Lipinski definition) is 1. The highest BCUT2D eigenvalue weighted by molar-refractivity contribution is 5.75. The molecule has 0 heterocycles. The first-order chi connectivity index (χ1) is 6.77. The second-order valence-corrected chi connectivity index (χ2v) is 2.47. The van der Waals surface area contributed by atoms with Crippen molar-refractivity contribution in [3.63, 3.8) is 0 Å². The minimum atomic E-state index is 0.632. The standard InChI is InChI=1S/C9H11NO2.C2H6/c1-7-3-4-8(10-6-11)9(5-7)12-2;1-2/h3-6H,1-2H3,(H,10,11);1-2H3. The van der Waals surface area contributed by atoms with Gasteiger partial charge in [-0.05, 0) is 24.6 Å². The first kappa shape index (κ1) is 12.5. The van der Waals surface area contributed by atoms with Crippen LogP contribution in [0.3, 0.4) is 0 Å². The number of nitrogens with one attached hydrogen (secondary N) is 1. The van der Waals surface area contributed by atoms with Gasteiger partial charge in [0.15, 0.2) is 0 Å². The molecule has 3 nitrogen and oxygen atoms in total. The van der Waals surface area contributed by atoms with Crippen LogP contribution < -0.4 is 10.1 Å². The summed E-state index contributed by atoms with van der Waals surface area (Å²) in [5, 5.41) is 2.55. The van der Waals surface area contributed by atoms with E-state index in [4.69, 9.17) is 4.74 Å². The average Bonchev–Trinajstić information content (AvgIpc) is 2.24. The molecule has 0 aliphatic rings. The topological polar surface area (TPSA) is 38.3 Å². The lowest BCUT2D eigenvalue weighted by Gasteiger charge is -2.06. The van der Waals surface area contributed by atoms with Gasteiger partial charge in [-0.3, -0.25) is 4.79 Å². The maximum Gasteiger partial charge on any atom is 0.211 e. The van der Waals surface area contributed by atoms with Crippen LogP contribution in [0.1, 0.15) is 19.4 Å². The Morgan fingerprint density at radius 1 is 1.36 bits per heavy atom. The van der Waals surface area contributed by atoms with E-state index in [1.165, 1.54) is 0 Å². The van der Waals surface area contributed by atoms with E-state index in [0.717, 1.165) is 5.56 Å². The molecule has 0 unspecified atom stereocenters. The van der Waals surface area contributed by atoms with E-state index >= 15 is 0 Å². The molecule has 1 aromatic rings. The van der Waals surface area contributed by atoms with Crippen LogP contribution in [0, 0.1) is 6.92 Å². The molecule has 14 heavy (non-hydrogen) atoms. The van der Waals surface area contributed by atoms with Gasteiger partial charge in [0.05, 0.1) is 12.8 Å². The number of rotatable bonds is 3. The quantitative estimate of drug-likeness (QED) is 0.753. The third kappa shape index (κ3) is 3.47. The Bertz CT molecular complexity index is 285. The molecule has 0 radical (unpaired) electrons. The van der Waals surface area contributed by atoms with E-state index in [9.17, 15) is 4.79 Å². The van der Waals surface area contributed by atoms with E-state index < -0.39 is 0 Å². The van der Waals surface area contributed by atoms with Crippen molar-refractivity contribution in [3.05, 3.63) is 23.8 Å². The van der Waals surface area contributed by atoms with Crippen molar-refractivity contribution in [2.24, 2.45) is 0 Å². The summed E-state index contributed by atoms with van der Waals surface area (Å²) in [6, 6.07) is 5.59. The number of methoxy groups -OCH3 is 1. The molecule has 0 aromatic heterocycles. The number of benzene rings is 1. The van der Waals surface area contributed by atoms with Crippen LogP contribution in [0.15, 0.2) is 18.2 Å². The highest BCUT2D eigenvalue weighted by Gasteiger charge is 2.00. The van der Waals surface area contributed by atoms with E-state index in [2.05, 4.69) is 5.32 Å². The molecule has 0 aliphatic heterocycles. The number of carbonyl (C=O) groups is 1.